The molecule has 0 saturated heterocycles. The lowest BCUT2D eigenvalue weighted by Gasteiger charge is -2.27. The van der Waals surface area contributed by atoms with Crippen molar-refractivity contribution in [2.75, 3.05) is 12.8 Å². The molecule has 1 aliphatic rings. The number of thioether (sulfide) groups is 1. The summed E-state index contributed by atoms with van der Waals surface area (Å²) in [7, 11) is 0. The van der Waals surface area contributed by atoms with E-state index in [1.807, 2.05) is 12.3 Å². The van der Waals surface area contributed by atoms with Crippen LogP contribution in [0, 0.1) is 11.6 Å². The monoisotopic (exact) mass is 400 g/mol. The smallest absolute Gasteiger partial charge is 0.256 e. The first kappa shape index (κ1) is 18.8. The van der Waals surface area contributed by atoms with Gasteiger partial charge in [-0.05, 0) is 36.1 Å². The summed E-state index contributed by atoms with van der Waals surface area (Å²) in [5.74, 6) is -1.77. The van der Waals surface area contributed by atoms with E-state index in [1.165, 1.54) is 17.8 Å². The topological polar surface area (TPSA) is 61.9 Å². The zero-order valence-corrected chi connectivity index (χ0v) is 16.0. The van der Waals surface area contributed by atoms with Gasteiger partial charge in [0.15, 0.2) is 16.8 Å². The molecule has 1 N–H and O–H groups in total. The minimum Gasteiger partial charge on any atom is -0.301 e. The Balaban J connectivity index is 1.48. The van der Waals surface area contributed by atoms with Crippen LogP contribution in [0.25, 0.3) is 11.3 Å². The number of hydrogen-bond donors (Lipinski definition) is 1. The highest BCUT2D eigenvalue weighted by atomic mass is 32.2. The number of pyridine rings is 1. The SMILES string of the molecule is CSc1nc2c(c(=O)[nH]1)CN(Cc1ccc(-c3ccc(F)c(F)c3)nc1)CC2. The van der Waals surface area contributed by atoms with Gasteiger partial charge in [-0.2, -0.15) is 0 Å². The predicted molar refractivity (Wildman–Crippen MR) is 104 cm³/mol. The van der Waals surface area contributed by atoms with Crippen molar-refractivity contribution >= 4 is 11.8 Å². The highest BCUT2D eigenvalue weighted by Gasteiger charge is 2.21. The largest absolute Gasteiger partial charge is 0.301 e. The van der Waals surface area contributed by atoms with Crippen LogP contribution >= 0.6 is 11.8 Å². The number of H-pyrrole nitrogens is 1. The van der Waals surface area contributed by atoms with Crippen LogP contribution < -0.4 is 5.56 Å². The minimum atomic E-state index is -0.890. The van der Waals surface area contributed by atoms with Gasteiger partial charge in [0.05, 0.1) is 17.0 Å². The molecule has 0 fully saturated rings. The van der Waals surface area contributed by atoms with Gasteiger partial charge in [-0.1, -0.05) is 17.8 Å². The summed E-state index contributed by atoms with van der Waals surface area (Å²) in [6.07, 6.45) is 4.34. The number of rotatable bonds is 4. The minimum absolute atomic E-state index is 0.0779. The van der Waals surface area contributed by atoms with Crippen LogP contribution in [0.15, 0.2) is 46.5 Å². The van der Waals surface area contributed by atoms with Crippen LogP contribution in [0.1, 0.15) is 16.8 Å². The Morgan fingerprint density at radius 1 is 1.21 bits per heavy atom. The van der Waals surface area contributed by atoms with Crippen molar-refractivity contribution in [3.8, 4) is 11.3 Å². The molecule has 1 aliphatic heterocycles. The Hall–Kier alpha value is -2.58. The number of nitrogens with one attached hydrogen (secondary N) is 1. The van der Waals surface area contributed by atoms with E-state index >= 15 is 0 Å². The van der Waals surface area contributed by atoms with Crippen LogP contribution in [-0.2, 0) is 19.5 Å². The normalized spacial score (nSPS) is 14.1. The van der Waals surface area contributed by atoms with Crippen molar-refractivity contribution < 1.29 is 8.78 Å². The molecule has 5 nitrogen and oxygen atoms in total. The molecule has 8 heteroatoms. The van der Waals surface area contributed by atoms with Gasteiger partial charge in [0.2, 0.25) is 0 Å². The molecule has 0 bridgehead atoms. The van der Waals surface area contributed by atoms with E-state index in [0.29, 0.717) is 29.5 Å². The molecule has 144 valence electrons. The lowest BCUT2D eigenvalue weighted by Crippen LogP contribution is -2.35. The average molecular weight is 400 g/mol. The third-order valence-electron chi connectivity index (χ3n) is 4.77. The van der Waals surface area contributed by atoms with Crippen LogP contribution in [-0.4, -0.2) is 32.7 Å². The van der Waals surface area contributed by atoms with Crippen LogP contribution in [0.5, 0.6) is 0 Å². The number of aromatic nitrogens is 3. The Labute approximate surface area is 164 Å². The van der Waals surface area contributed by atoms with E-state index in [2.05, 4.69) is 19.9 Å². The van der Waals surface area contributed by atoms with Gasteiger partial charge < -0.3 is 4.98 Å². The van der Waals surface area contributed by atoms with Crippen molar-refractivity contribution in [3.05, 3.63) is 75.3 Å². The number of fused-ring (bicyclic) bond motifs is 1. The molecular formula is C20H18F2N4OS. The number of benzene rings is 1. The maximum Gasteiger partial charge on any atom is 0.256 e. The third-order valence-corrected chi connectivity index (χ3v) is 5.35. The van der Waals surface area contributed by atoms with Gasteiger partial charge >= 0.3 is 0 Å². The van der Waals surface area contributed by atoms with E-state index < -0.39 is 11.6 Å². The van der Waals surface area contributed by atoms with Gasteiger partial charge in [-0.3, -0.25) is 14.7 Å². The Kier molecular flexibility index (Phi) is 5.23. The summed E-state index contributed by atoms with van der Waals surface area (Å²) in [5, 5.41) is 0.647. The van der Waals surface area contributed by atoms with E-state index in [4.69, 9.17) is 0 Å². The number of aromatic amines is 1. The first-order chi connectivity index (χ1) is 13.5. The van der Waals surface area contributed by atoms with Crippen LogP contribution in [0.4, 0.5) is 8.78 Å². The summed E-state index contributed by atoms with van der Waals surface area (Å²) in [4.78, 5) is 26.1. The highest BCUT2D eigenvalue weighted by Crippen LogP contribution is 2.21. The van der Waals surface area contributed by atoms with E-state index in [9.17, 15) is 13.6 Å². The fraction of sp³-hybridized carbons (Fsp3) is 0.250. The van der Waals surface area contributed by atoms with Crippen molar-refractivity contribution in [1.82, 2.24) is 19.9 Å². The zero-order chi connectivity index (χ0) is 19.7. The first-order valence-corrected chi connectivity index (χ1v) is 10.0. The molecule has 0 spiro atoms. The molecular weight excluding hydrogens is 382 g/mol. The van der Waals surface area contributed by atoms with Crippen molar-refractivity contribution in [3.63, 3.8) is 0 Å². The lowest BCUT2D eigenvalue weighted by molar-refractivity contribution is 0.240. The highest BCUT2D eigenvalue weighted by molar-refractivity contribution is 7.98. The molecule has 0 aliphatic carbocycles. The van der Waals surface area contributed by atoms with Crippen molar-refractivity contribution in [1.29, 1.82) is 0 Å². The van der Waals surface area contributed by atoms with Gasteiger partial charge in [0.25, 0.3) is 5.56 Å². The molecule has 4 rings (SSSR count). The molecule has 1 aromatic carbocycles. The molecule has 28 heavy (non-hydrogen) atoms. The second-order valence-corrected chi connectivity index (χ2v) is 7.44. The second kappa shape index (κ2) is 7.81. The summed E-state index contributed by atoms with van der Waals surface area (Å²) >= 11 is 1.43. The maximum absolute atomic E-state index is 13.4. The number of nitrogens with zero attached hydrogens (tertiary/aromatic N) is 3. The van der Waals surface area contributed by atoms with Gasteiger partial charge in [-0.15, -0.1) is 0 Å². The number of hydrogen-bond acceptors (Lipinski definition) is 5. The van der Waals surface area contributed by atoms with Gasteiger partial charge in [0.1, 0.15) is 0 Å². The lowest BCUT2D eigenvalue weighted by atomic mass is 10.1. The molecule has 0 atom stereocenters. The Morgan fingerprint density at radius 2 is 2.07 bits per heavy atom. The van der Waals surface area contributed by atoms with Crippen LogP contribution in [0.3, 0.4) is 0 Å². The molecule has 0 saturated carbocycles. The van der Waals surface area contributed by atoms with Crippen LogP contribution in [0.2, 0.25) is 0 Å². The quantitative estimate of drug-likeness (QED) is 0.537. The third kappa shape index (κ3) is 3.83. The second-order valence-electron chi connectivity index (χ2n) is 6.64. The number of halogens is 2. The summed E-state index contributed by atoms with van der Waals surface area (Å²) in [5.41, 5.74) is 3.61. The Bertz CT molecular complexity index is 1070. The maximum atomic E-state index is 13.4. The van der Waals surface area contributed by atoms with Gasteiger partial charge in [-0.25, -0.2) is 13.8 Å². The molecule has 0 amide bonds. The fourth-order valence-corrected chi connectivity index (χ4v) is 3.69. The van der Waals surface area contributed by atoms with E-state index in [-0.39, 0.29) is 5.56 Å². The molecule has 3 aromatic rings. The summed E-state index contributed by atoms with van der Waals surface area (Å²) < 4.78 is 26.5. The first-order valence-electron chi connectivity index (χ1n) is 8.82. The van der Waals surface area contributed by atoms with E-state index in [1.54, 1.807) is 12.3 Å². The molecule has 2 aromatic heterocycles. The average Bonchev–Trinajstić information content (AvgIpc) is 2.71. The van der Waals surface area contributed by atoms with Gasteiger partial charge in [0, 0.05) is 37.8 Å². The summed E-state index contributed by atoms with van der Waals surface area (Å²) in [6, 6.07) is 7.45. The summed E-state index contributed by atoms with van der Waals surface area (Å²) in [6.45, 7) is 1.99. The van der Waals surface area contributed by atoms with E-state index in [0.717, 1.165) is 41.9 Å². The molecule has 3 heterocycles. The fourth-order valence-electron chi connectivity index (χ4n) is 3.29. The molecule has 0 radical (unpaired) electrons. The Morgan fingerprint density at radius 3 is 2.79 bits per heavy atom. The predicted octanol–water partition coefficient (Wildman–Crippen LogP) is 3.39. The van der Waals surface area contributed by atoms with Crippen molar-refractivity contribution in [2.24, 2.45) is 0 Å². The standard InChI is InChI=1S/C20H18F2N4OS/c1-28-20-24-18-6-7-26(11-14(18)19(27)25-20)10-12-2-5-17(23-9-12)13-3-4-15(21)16(22)8-13/h2-5,8-9H,6-7,10-11H2,1H3,(H,24,25,27). The van der Waals surface area contributed by atoms with Crippen molar-refractivity contribution in [2.45, 2.75) is 24.7 Å². The zero-order valence-electron chi connectivity index (χ0n) is 15.2. The molecule has 0 unspecified atom stereocenters.